The van der Waals surface area contributed by atoms with Crippen LogP contribution >= 0.6 is 0 Å². The van der Waals surface area contributed by atoms with Crippen LogP contribution in [0.1, 0.15) is 24.0 Å². The third-order valence-electron chi connectivity index (χ3n) is 5.15. The molecule has 4 rings (SSSR count). The molecule has 1 N–H and O–H groups in total. The maximum absolute atomic E-state index is 12.8. The lowest BCUT2D eigenvalue weighted by molar-refractivity contribution is -0.138. The monoisotopic (exact) mass is 380 g/mol. The number of nitrogens with one attached hydrogen (secondary N) is 1. The zero-order valence-corrected chi connectivity index (χ0v) is 15.7. The summed E-state index contributed by atoms with van der Waals surface area (Å²) in [6.07, 6.45) is 1.79. The van der Waals surface area contributed by atoms with Gasteiger partial charge in [0.2, 0.25) is 11.8 Å². The van der Waals surface area contributed by atoms with Crippen LogP contribution in [0.15, 0.2) is 48.5 Å². The smallest absolute Gasteiger partial charge is 0.243 e. The van der Waals surface area contributed by atoms with Gasteiger partial charge in [0, 0.05) is 13.1 Å². The minimum absolute atomic E-state index is 0.0333. The van der Waals surface area contributed by atoms with E-state index in [2.05, 4.69) is 5.32 Å². The number of likely N-dealkylation sites (tertiary alicyclic amines) is 1. The number of carbonyl (C=O) groups is 2. The summed E-state index contributed by atoms with van der Waals surface area (Å²) in [5.74, 6) is 1.27. The molecule has 1 atom stereocenters. The number of hydrogen-bond acceptors (Lipinski definition) is 4. The van der Waals surface area contributed by atoms with Crippen LogP contribution in [0.5, 0.6) is 11.5 Å². The Hall–Kier alpha value is -3.02. The highest BCUT2D eigenvalue weighted by atomic mass is 16.6. The van der Waals surface area contributed by atoms with Crippen molar-refractivity contribution in [1.82, 2.24) is 10.2 Å². The molecule has 28 heavy (non-hydrogen) atoms. The molecule has 2 aliphatic heterocycles. The van der Waals surface area contributed by atoms with E-state index in [-0.39, 0.29) is 18.2 Å². The summed E-state index contributed by atoms with van der Waals surface area (Å²) in [6.45, 7) is 2.15. The molecule has 6 heteroatoms. The molecule has 1 fully saturated rings. The van der Waals surface area contributed by atoms with E-state index < -0.39 is 6.04 Å². The predicted octanol–water partition coefficient (Wildman–Crippen LogP) is 2.31. The molecule has 0 aliphatic carbocycles. The zero-order valence-electron chi connectivity index (χ0n) is 15.7. The molecule has 2 heterocycles. The first-order valence-corrected chi connectivity index (χ1v) is 9.70. The van der Waals surface area contributed by atoms with E-state index in [9.17, 15) is 9.59 Å². The van der Waals surface area contributed by atoms with Gasteiger partial charge in [-0.1, -0.05) is 36.4 Å². The molecule has 1 unspecified atom stereocenters. The van der Waals surface area contributed by atoms with Crippen molar-refractivity contribution in [2.75, 3.05) is 19.8 Å². The molecular weight excluding hydrogens is 356 g/mol. The summed E-state index contributed by atoms with van der Waals surface area (Å²) in [6, 6.07) is 15.0. The van der Waals surface area contributed by atoms with Crippen molar-refractivity contribution in [3.05, 3.63) is 59.7 Å². The van der Waals surface area contributed by atoms with Crippen LogP contribution in [0, 0.1) is 0 Å². The summed E-state index contributed by atoms with van der Waals surface area (Å²) in [4.78, 5) is 27.2. The molecule has 0 aromatic heterocycles. The van der Waals surface area contributed by atoms with E-state index in [4.69, 9.17) is 9.47 Å². The van der Waals surface area contributed by atoms with E-state index in [1.54, 1.807) is 4.90 Å². The van der Waals surface area contributed by atoms with Gasteiger partial charge in [0.1, 0.15) is 19.3 Å². The molecule has 0 saturated carbocycles. The van der Waals surface area contributed by atoms with Crippen molar-refractivity contribution in [2.24, 2.45) is 0 Å². The maximum atomic E-state index is 12.8. The molecule has 2 aromatic carbocycles. The molecule has 6 nitrogen and oxygen atoms in total. The van der Waals surface area contributed by atoms with Gasteiger partial charge < -0.3 is 19.7 Å². The van der Waals surface area contributed by atoms with Crippen molar-refractivity contribution >= 4 is 11.8 Å². The standard InChI is InChI=1S/C22H24N2O4/c25-21(14-17-8-9-19-20(13-17)28-12-11-27-19)24-10-4-7-18(24)22(26)23-15-16-5-2-1-3-6-16/h1-3,5-6,8-9,13,18H,4,7,10-12,14-15H2,(H,23,26). The second-order valence-corrected chi connectivity index (χ2v) is 7.10. The third kappa shape index (κ3) is 4.11. The lowest BCUT2D eigenvalue weighted by Gasteiger charge is -2.24. The highest BCUT2D eigenvalue weighted by Crippen LogP contribution is 2.31. The number of amides is 2. The molecule has 1 saturated heterocycles. The fourth-order valence-electron chi connectivity index (χ4n) is 3.71. The predicted molar refractivity (Wildman–Crippen MR) is 104 cm³/mol. The van der Waals surface area contributed by atoms with Crippen molar-refractivity contribution in [3.63, 3.8) is 0 Å². The highest BCUT2D eigenvalue weighted by Gasteiger charge is 2.33. The van der Waals surface area contributed by atoms with Crippen LogP contribution in [0.4, 0.5) is 0 Å². The molecule has 146 valence electrons. The van der Waals surface area contributed by atoms with Gasteiger partial charge in [0.25, 0.3) is 0 Å². The average Bonchev–Trinajstić information content (AvgIpc) is 3.23. The highest BCUT2D eigenvalue weighted by molar-refractivity contribution is 5.89. The Morgan fingerprint density at radius 2 is 1.79 bits per heavy atom. The van der Waals surface area contributed by atoms with Crippen molar-refractivity contribution in [3.8, 4) is 11.5 Å². The van der Waals surface area contributed by atoms with Gasteiger partial charge in [0.05, 0.1) is 6.42 Å². The Morgan fingerprint density at radius 1 is 1.00 bits per heavy atom. The average molecular weight is 380 g/mol. The Labute approximate surface area is 164 Å². The SMILES string of the molecule is O=C(NCc1ccccc1)C1CCCN1C(=O)Cc1ccc2c(c1)OCCO2. The zero-order chi connectivity index (χ0) is 19.3. The number of hydrogen-bond donors (Lipinski definition) is 1. The second kappa shape index (κ2) is 8.33. The number of rotatable bonds is 5. The van der Waals surface area contributed by atoms with Gasteiger partial charge in [-0.3, -0.25) is 9.59 Å². The van der Waals surface area contributed by atoms with Crippen LogP contribution in [0.3, 0.4) is 0 Å². The second-order valence-electron chi connectivity index (χ2n) is 7.10. The molecule has 2 aromatic rings. The summed E-state index contributed by atoms with van der Waals surface area (Å²) in [5.41, 5.74) is 1.91. The lowest BCUT2D eigenvalue weighted by atomic mass is 10.1. The van der Waals surface area contributed by atoms with E-state index in [0.717, 1.165) is 17.5 Å². The van der Waals surface area contributed by atoms with Gasteiger partial charge in [-0.2, -0.15) is 0 Å². The fourth-order valence-corrected chi connectivity index (χ4v) is 3.71. The summed E-state index contributed by atoms with van der Waals surface area (Å²) >= 11 is 0. The van der Waals surface area contributed by atoms with Gasteiger partial charge >= 0.3 is 0 Å². The van der Waals surface area contributed by atoms with Crippen LogP contribution in [0.2, 0.25) is 0 Å². The number of nitrogens with zero attached hydrogens (tertiary/aromatic N) is 1. The Morgan fingerprint density at radius 3 is 2.61 bits per heavy atom. The molecule has 0 radical (unpaired) electrons. The number of benzene rings is 2. The third-order valence-corrected chi connectivity index (χ3v) is 5.15. The summed E-state index contributed by atoms with van der Waals surface area (Å²) in [5, 5.41) is 2.96. The maximum Gasteiger partial charge on any atom is 0.243 e. The topological polar surface area (TPSA) is 67.9 Å². The molecule has 0 spiro atoms. The fraction of sp³-hybridized carbons (Fsp3) is 0.364. The molecule has 2 aliphatic rings. The number of fused-ring (bicyclic) bond motifs is 1. The lowest BCUT2D eigenvalue weighted by Crippen LogP contribution is -2.46. The van der Waals surface area contributed by atoms with E-state index in [1.807, 2.05) is 48.5 Å². The van der Waals surface area contributed by atoms with E-state index in [0.29, 0.717) is 44.2 Å². The Bertz CT molecular complexity index is 853. The summed E-state index contributed by atoms with van der Waals surface area (Å²) < 4.78 is 11.1. The Kier molecular flexibility index (Phi) is 5.46. The van der Waals surface area contributed by atoms with Crippen molar-refractivity contribution < 1.29 is 19.1 Å². The first-order valence-electron chi connectivity index (χ1n) is 9.70. The van der Waals surface area contributed by atoms with Crippen molar-refractivity contribution in [2.45, 2.75) is 31.8 Å². The van der Waals surface area contributed by atoms with Crippen molar-refractivity contribution in [1.29, 1.82) is 0 Å². The first-order chi connectivity index (χ1) is 13.7. The minimum Gasteiger partial charge on any atom is -0.486 e. The number of carbonyl (C=O) groups excluding carboxylic acids is 2. The van der Waals surface area contributed by atoms with Crippen LogP contribution in [-0.4, -0.2) is 42.5 Å². The number of ether oxygens (including phenoxy) is 2. The van der Waals surface area contributed by atoms with E-state index in [1.165, 1.54) is 0 Å². The quantitative estimate of drug-likeness (QED) is 0.864. The van der Waals surface area contributed by atoms with Gasteiger partial charge in [0.15, 0.2) is 11.5 Å². The van der Waals surface area contributed by atoms with E-state index >= 15 is 0 Å². The normalized spacial score (nSPS) is 18.0. The van der Waals surface area contributed by atoms with Gasteiger partial charge in [-0.25, -0.2) is 0 Å². The van der Waals surface area contributed by atoms with Crippen LogP contribution in [-0.2, 0) is 22.6 Å². The molecule has 0 bridgehead atoms. The van der Waals surface area contributed by atoms with Gasteiger partial charge in [-0.05, 0) is 36.1 Å². The first kappa shape index (κ1) is 18.3. The Balaban J connectivity index is 1.37. The van der Waals surface area contributed by atoms with Crippen LogP contribution < -0.4 is 14.8 Å². The molecule has 2 amide bonds. The molecular formula is C22H24N2O4. The minimum atomic E-state index is -0.395. The summed E-state index contributed by atoms with van der Waals surface area (Å²) in [7, 11) is 0. The van der Waals surface area contributed by atoms with Crippen LogP contribution in [0.25, 0.3) is 0 Å². The van der Waals surface area contributed by atoms with Gasteiger partial charge in [-0.15, -0.1) is 0 Å². The largest absolute Gasteiger partial charge is 0.486 e.